The quantitative estimate of drug-likeness (QED) is 0.416. The van der Waals surface area contributed by atoms with Gasteiger partial charge in [0.25, 0.3) is 0 Å². The van der Waals surface area contributed by atoms with E-state index in [-0.39, 0.29) is 5.56 Å². The molecule has 8 nitrogen and oxygen atoms in total. The summed E-state index contributed by atoms with van der Waals surface area (Å²) in [6.07, 6.45) is 10.5. The molecule has 184 valence electrons. The third-order valence-corrected chi connectivity index (χ3v) is 6.71. The molecule has 1 N–H and O–H groups in total. The van der Waals surface area contributed by atoms with Crippen molar-refractivity contribution in [2.24, 2.45) is 0 Å². The van der Waals surface area contributed by atoms with Crippen molar-refractivity contribution in [2.45, 2.75) is 19.4 Å². The number of piperazine rings is 1. The number of fused-ring (bicyclic) bond motifs is 1. The van der Waals surface area contributed by atoms with Gasteiger partial charge in [0, 0.05) is 61.5 Å². The van der Waals surface area contributed by atoms with E-state index in [1.807, 2.05) is 29.8 Å². The molecule has 1 fully saturated rings. The lowest BCUT2D eigenvalue weighted by Crippen LogP contribution is -2.47. The maximum absolute atomic E-state index is 14.3. The highest BCUT2D eigenvalue weighted by Gasteiger charge is 2.30. The highest BCUT2D eigenvalue weighted by molar-refractivity contribution is 5.80. The van der Waals surface area contributed by atoms with Gasteiger partial charge in [-0.2, -0.15) is 5.10 Å². The highest BCUT2D eigenvalue weighted by Crippen LogP contribution is 2.31. The highest BCUT2D eigenvalue weighted by atomic mass is 19.1. The van der Waals surface area contributed by atoms with Crippen LogP contribution < -0.4 is 9.80 Å². The summed E-state index contributed by atoms with van der Waals surface area (Å²) in [7, 11) is 0. The van der Waals surface area contributed by atoms with E-state index in [9.17, 15) is 9.50 Å². The van der Waals surface area contributed by atoms with E-state index < -0.39 is 11.4 Å². The van der Waals surface area contributed by atoms with Crippen LogP contribution in [0.3, 0.4) is 0 Å². The topological polar surface area (TPSA) is 82.7 Å². The Morgan fingerprint density at radius 1 is 1.08 bits per heavy atom. The number of anilines is 2. The SMILES string of the molecule is C=C/C(=C\C)c1cc2c(N3CCN(c4ncc([C@@](C)(O)c5ccccc5F)cn4)CC3)ncnn2c1. The van der Waals surface area contributed by atoms with Crippen LogP contribution >= 0.6 is 0 Å². The molecule has 0 radical (unpaired) electrons. The monoisotopic (exact) mass is 485 g/mol. The maximum atomic E-state index is 14.3. The number of aliphatic hydroxyl groups is 1. The molecule has 4 heterocycles. The minimum atomic E-state index is -1.53. The van der Waals surface area contributed by atoms with Crippen molar-refractivity contribution >= 4 is 22.9 Å². The maximum Gasteiger partial charge on any atom is 0.225 e. The van der Waals surface area contributed by atoms with Crippen LogP contribution in [0.4, 0.5) is 16.2 Å². The van der Waals surface area contributed by atoms with Crippen LogP contribution in [0.15, 0.2) is 74.0 Å². The molecule has 4 aromatic rings. The van der Waals surface area contributed by atoms with Crippen molar-refractivity contribution in [2.75, 3.05) is 36.0 Å². The first-order valence-electron chi connectivity index (χ1n) is 11.8. The van der Waals surface area contributed by atoms with E-state index in [2.05, 4.69) is 42.5 Å². The Labute approximate surface area is 209 Å². The Balaban J connectivity index is 1.31. The largest absolute Gasteiger partial charge is 0.380 e. The summed E-state index contributed by atoms with van der Waals surface area (Å²) >= 11 is 0. The van der Waals surface area contributed by atoms with Gasteiger partial charge in [0.2, 0.25) is 5.95 Å². The summed E-state index contributed by atoms with van der Waals surface area (Å²) < 4.78 is 16.1. The van der Waals surface area contributed by atoms with Gasteiger partial charge >= 0.3 is 0 Å². The third kappa shape index (κ3) is 4.22. The molecule has 0 aliphatic carbocycles. The van der Waals surface area contributed by atoms with Crippen molar-refractivity contribution in [1.82, 2.24) is 24.6 Å². The summed E-state index contributed by atoms with van der Waals surface area (Å²) in [6, 6.07) is 8.27. The molecule has 1 saturated heterocycles. The minimum absolute atomic E-state index is 0.189. The van der Waals surface area contributed by atoms with E-state index in [0.29, 0.717) is 24.6 Å². The Morgan fingerprint density at radius 3 is 2.44 bits per heavy atom. The second kappa shape index (κ2) is 9.50. The number of rotatable bonds is 6. The standard InChI is InChI=1S/C27H28FN7O/c1-4-19(5-2)20-14-24-25(31-18-32-35(24)17-20)33-10-12-34(13-11-33)26-29-15-21(16-30-26)27(3,36)22-8-6-7-9-23(22)28/h4-9,14-18,36H,1,10-13H2,2-3H3/b19-5+/t27-/m1/s1. The predicted molar refractivity (Wildman–Crippen MR) is 138 cm³/mol. The molecule has 1 aliphatic heterocycles. The lowest BCUT2D eigenvalue weighted by atomic mass is 9.90. The molecule has 5 rings (SSSR count). The molecule has 0 saturated carbocycles. The number of nitrogens with zero attached hydrogens (tertiary/aromatic N) is 7. The van der Waals surface area contributed by atoms with E-state index >= 15 is 0 Å². The molecule has 9 heteroatoms. The average molecular weight is 486 g/mol. The smallest absolute Gasteiger partial charge is 0.225 e. The minimum Gasteiger partial charge on any atom is -0.380 e. The molecule has 0 amide bonds. The molecule has 0 unspecified atom stereocenters. The van der Waals surface area contributed by atoms with Crippen molar-refractivity contribution in [3.8, 4) is 0 Å². The Bertz CT molecular complexity index is 1420. The molecule has 36 heavy (non-hydrogen) atoms. The van der Waals surface area contributed by atoms with Crippen LogP contribution in [0.1, 0.15) is 30.5 Å². The van der Waals surface area contributed by atoms with Crippen LogP contribution in [0.25, 0.3) is 11.1 Å². The van der Waals surface area contributed by atoms with Crippen LogP contribution in [0, 0.1) is 5.82 Å². The fourth-order valence-corrected chi connectivity index (χ4v) is 4.59. The molecular weight excluding hydrogens is 457 g/mol. The van der Waals surface area contributed by atoms with Gasteiger partial charge in [0.15, 0.2) is 5.82 Å². The molecule has 3 aromatic heterocycles. The Kier molecular flexibility index (Phi) is 6.24. The zero-order valence-corrected chi connectivity index (χ0v) is 20.3. The Morgan fingerprint density at radius 2 is 1.78 bits per heavy atom. The van der Waals surface area contributed by atoms with Gasteiger partial charge in [-0.3, -0.25) is 0 Å². The summed E-state index contributed by atoms with van der Waals surface area (Å²) in [5.74, 6) is 0.986. The Hall–Kier alpha value is -4.11. The van der Waals surface area contributed by atoms with Gasteiger partial charge in [0.1, 0.15) is 23.3 Å². The van der Waals surface area contributed by atoms with Crippen LogP contribution in [-0.4, -0.2) is 55.9 Å². The molecule has 1 aromatic carbocycles. The van der Waals surface area contributed by atoms with Crippen LogP contribution in [0.5, 0.6) is 0 Å². The van der Waals surface area contributed by atoms with Crippen molar-refractivity contribution in [1.29, 1.82) is 0 Å². The first-order valence-corrected chi connectivity index (χ1v) is 11.8. The summed E-state index contributed by atoms with van der Waals surface area (Å²) in [5.41, 5.74) is 2.13. The van der Waals surface area contributed by atoms with E-state index in [1.54, 1.807) is 43.8 Å². The molecule has 0 spiro atoms. The second-order valence-corrected chi connectivity index (χ2v) is 8.89. The summed E-state index contributed by atoms with van der Waals surface area (Å²) in [5, 5.41) is 15.4. The molecular formula is C27H28FN7O. The van der Waals surface area contributed by atoms with Crippen molar-refractivity contribution < 1.29 is 9.50 Å². The normalized spacial score (nSPS) is 16.3. The van der Waals surface area contributed by atoms with E-state index in [0.717, 1.165) is 35.6 Å². The lowest BCUT2D eigenvalue weighted by molar-refractivity contribution is 0.0972. The van der Waals surface area contributed by atoms with Gasteiger partial charge < -0.3 is 14.9 Å². The number of aromatic nitrogens is 5. The number of hydrogen-bond donors (Lipinski definition) is 1. The number of allylic oxidation sites excluding steroid dienone is 3. The number of halogens is 1. The van der Waals surface area contributed by atoms with E-state index in [4.69, 9.17) is 0 Å². The number of hydrogen-bond acceptors (Lipinski definition) is 7. The summed E-state index contributed by atoms with van der Waals surface area (Å²) in [4.78, 5) is 17.9. The molecule has 0 bridgehead atoms. The van der Waals surface area contributed by atoms with Crippen LogP contribution in [-0.2, 0) is 5.60 Å². The fraction of sp³-hybridized carbons (Fsp3) is 0.259. The first-order chi connectivity index (χ1) is 17.4. The zero-order chi connectivity index (χ0) is 25.3. The van der Waals surface area contributed by atoms with Gasteiger partial charge in [-0.15, -0.1) is 0 Å². The average Bonchev–Trinajstić information content (AvgIpc) is 3.34. The van der Waals surface area contributed by atoms with Crippen molar-refractivity contribution in [3.05, 3.63) is 96.5 Å². The first kappa shape index (κ1) is 23.6. The zero-order valence-electron chi connectivity index (χ0n) is 20.3. The lowest BCUT2D eigenvalue weighted by Gasteiger charge is -2.35. The van der Waals surface area contributed by atoms with Gasteiger partial charge in [-0.25, -0.2) is 23.9 Å². The van der Waals surface area contributed by atoms with Gasteiger partial charge in [-0.05, 0) is 31.6 Å². The van der Waals surface area contributed by atoms with Gasteiger partial charge in [0.05, 0.1) is 0 Å². The number of benzene rings is 1. The van der Waals surface area contributed by atoms with Crippen LogP contribution in [0.2, 0.25) is 0 Å². The summed E-state index contributed by atoms with van der Waals surface area (Å²) in [6.45, 7) is 10.3. The predicted octanol–water partition coefficient (Wildman–Crippen LogP) is 3.83. The molecule has 1 atom stereocenters. The third-order valence-electron chi connectivity index (χ3n) is 6.71. The molecule has 1 aliphatic rings. The fourth-order valence-electron chi connectivity index (χ4n) is 4.59. The van der Waals surface area contributed by atoms with Gasteiger partial charge in [-0.1, -0.05) is 36.9 Å². The second-order valence-electron chi connectivity index (χ2n) is 8.89. The van der Waals surface area contributed by atoms with Crippen molar-refractivity contribution in [3.63, 3.8) is 0 Å². The van der Waals surface area contributed by atoms with E-state index in [1.165, 1.54) is 6.07 Å².